The zero-order valence-corrected chi connectivity index (χ0v) is 8.27. The Morgan fingerprint density at radius 1 is 1.40 bits per heavy atom. The molecule has 0 aliphatic heterocycles. The van der Waals surface area contributed by atoms with E-state index < -0.39 is 0 Å². The molecule has 1 aromatic carbocycles. The van der Waals surface area contributed by atoms with Gasteiger partial charge in [-0.2, -0.15) is 0 Å². The number of hydrogen-bond donors (Lipinski definition) is 0. The molecule has 0 unspecified atom stereocenters. The van der Waals surface area contributed by atoms with E-state index in [1.165, 1.54) is 10.0 Å². The molecule has 0 amide bonds. The average Bonchev–Trinajstić information content (AvgIpc) is 2.04. The van der Waals surface area contributed by atoms with Crippen LogP contribution in [0.25, 0.3) is 0 Å². The van der Waals surface area contributed by atoms with Gasteiger partial charge in [-0.15, -0.1) is 0 Å². The van der Waals surface area contributed by atoms with E-state index in [0.717, 1.165) is 0 Å². The van der Waals surface area contributed by atoms with Crippen LogP contribution < -0.4 is 4.46 Å². The molecule has 0 aliphatic carbocycles. The first-order valence-corrected chi connectivity index (χ1v) is 6.16. The Labute approximate surface area is 72.7 Å². The average molecular weight is 220 g/mol. The molecule has 0 bridgehead atoms. The summed E-state index contributed by atoms with van der Waals surface area (Å²) in [6.45, 7) is 0. The molecule has 0 radical (unpaired) electrons. The monoisotopic (exact) mass is 220 g/mol. The third-order valence-electron chi connectivity index (χ3n) is 1.34. The third kappa shape index (κ3) is 1.76. The molecule has 54 valence electrons. The van der Waals surface area contributed by atoms with Crippen molar-refractivity contribution in [2.45, 2.75) is 11.7 Å². The van der Waals surface area contributed by atoms with Gasteiger partial charge in [-0.1, -0.05) is 0 Å². The topological polar surface area (TPSA) is 0 Å². The summed E-state index contributed by atoms with van der Waals surface area (Å²) in [5.74, 6) is 2.85. The van der Waals surface area contributed by atoms with Crippen LogP contribution in [-0.4, -0.2) is 15.0 Å². The van der Waals surface area contributed by atoms with Gasteiger partial charge in [0.2, 0.25) is 0 Å². The van der Waals surface area contributed by atoms with Crippen molar-refractivity contribution < 1.29 is 0 Å². The molecule has 0 aromatic heterocycles. The van der Waals surface area contributed by atoms with E-state index in [-0.39, 0.29) is 0 Å². The van der Waals surface area contributed by atoms with E-state index in [0.29, 0.717) is 20.8 Å². The number of halogens is 1. The Kier molecular flexibility index (Phi) is 3.27. The molecule has 0 atom stereocenters. The summed E-state index contributed by atoms with van der Waals surface area (Å²) in [6, 6.07) is 8.34. The predicted molar refractivity (Wildman–Crippen MR) is 47.3 cm³/mol. The first kappa shape index (κ1) is 8.13. The van der Waals surface area contributed by atoms with Crippen LogP contribution in [-0.2, 0) is 5.88 Å². The van der Waals surface area contributed by atoms with Crippen molar-refractivity contribution in [1.29, 1.82) is 0 Å². The van der Waals surface area contributed by atoms with Gasteiger partial charge in [0.05, 0.1) is 0 Å². The molecule has 0 fully saturated rings. The van der Waals surface area contributed by atoms with Crippen LogP contribution in [0, 0.1) is 0 Å². The first-order chi connectivity index (χ1) is 4.88. The normalized spacial score (nSPS) is 9.80. The molecule has 0 heterocycles. The van der Waals surface area contributed by atoms with Gasteiger partial charge >= 0.3 is 72.6 Å². The van der Waals surface area contributed by atoms with Crippen molar-refractivity contribution >= 4 is 31.0 Å². The molecule has 1 rings (SSSR count). The fourth-order valence-corrected chi connectivity index (χ4v) is 2.52. The zero-order valence-electron chi connectivity index (χ0n) is 5.80. The van der Waals surface area contributed by atoms with Gasteiger partial charge in [0, 0.05) is 0 Å². The van der Waals surface area contributed by atoms with Crippen LogP contribution in [0.1, 0.15) is 5.56 Å². The fraction of sp³-hybridized carbons (Fsp3) is 0.250. The van der Waals surface area contributed by atoms with Gasteiger partial charge in [0.15, 0.2) is 0 Å². The number of alkyl halides is 1. The van der Waals surface area contributed by atoms with E-state index in [4.69, 9.17) is 11.6 Å². The van der Waals surface area contributed by atoms with E-state index in [9.17, 15) is 0 Å². The van der Waals surface area contributed by atoms with Gasteiger partial charge in [-0.05, 0) is 0 Å². The van der Waals surface area contributed by atoms with Crippen molar-refractivity contribution in [3.63, 3.8) is 0 Å². The number of hydrogen-bond acceptors (Lipinski definition) is 0. The second-order valence-electron chi connectivity index (χ2n) is 1.95. The summed E-state index contributed by atoms with van der Waals surface area (Å²) in [6.07, 6.45) is 0. The Balaban J connectivity index is 2.96. The summed E-state index contributed by atoms with van der Waals surface area (Å²) in [5.41, 5.74) is 1.28. The van der Waals surface area contributed by atoms with E-state index in [1.807, 2.05) is 6.07 Å². The maximum atomic E-state index is 5.72. The second kappa shape index (κ2) is 4.02. The summed E-state index contributed by atoms with van der Waals surface area (Å²) < 4.78 is 1.42. The molecule has 0 nitrogen and oxygen atoms in total. The second-order valence-corrected chi connectivity index (χ2v) is 3.99. The molecular formula is C8H9ClSe. The van der Waals surface area contributed by atoms with Gasteiger partial charge in [-0.25, -0.2) is 0 Å². The third-order valence-corrected chi connectivity index (χ3v) is 3.38. The molecule has 0 aliphatic rings. The Morgan fingerprint density at radius 3 is 2.60 bits per heavy atom. The predicted octanol–water partition coefficient (Wildman–Crippen LogP) is 1.80. The summed E-state index contributed by atoms with van der Waals surface area (Å²) in [4.78, 5) is 0. The molecule has 0 saturated carbocycles. The fourth-order valence-electron chi connectivity index (χ4n) is 0.813. The summed E-state index contributed by atoms with van der Waals surface area (Å²) >= 11 is 6.30. The van der Waals surface area contributed by atoms with Crippen LogP contribution in [0.5, 0.6) is 0 Å². The van der Waals surface area contributed by atoms with Crippen LogP contribution in [0.3, 0.4) is 0 Å². The van der Waals surface area contributed by atoms with Gasteiger partial charge in [0.25, 0.3) is 0 Å². The Hall–Kier alpha value is 0.0295. The molecule has 0 N–H and O–H groups in total. The van der Waals surface area contributed by atoms with Crippen molar-refractivity contribution in [2.24, 2.45) is 0 Å². The summed E-state index contributed by atoms with van der Waals surface area (Å²) in [7, 11) is 0. The minimum absolute atomic E-state index is 0.575. The van der Waals surface area contributed by atoms with E-state index in [2.05, 4.69) is 24.0 Å². The van der Waals surface area contributed by atoms with Gasteiger partial charge in [-0.3, -0.25) is 0 Å². The molecule has 0 spiro atoms. The molecule has 1 aromatic rings. The summed E-state index contributed by atoms with van der Waals surface area (Å²) in [5, 5.41) is 0. The molecule has 10 heavy (non-hydrogen) atoms. The maximum absolute atomic E-state index is 5.72. The van der Waals surface area contributed by atoms with Crippen LogP contribution in [0.15, 0.2) is 24.3 Å². The SMILES string of the molecule is C[Se]c1ccccc1CCl. The van der Waals surface area contributed by atoms with E-state index >= 15 is 0 Å². The van der Waals surface area contributed by atoms with Crippen molar-refractivity contribution in [3.8, 4) is 0 Å². The molecular weight excluding hydrogens is 211 g/mol. The van der Waals surface area contributed by atoms with Crippen molar-refractivity contribution in [2.75, 3.05) is 0 Å². The van der Waals surface area contributed by atoms with Crippen molar-refractivity contribution in [3.05, 3.63) is 29.8 Å². The van der Waals surface area contributed by atoms with E-state index in [1.54, 1.807) is 0 Å². The van der Waals surface area contributed by atoms with Gasteiger partial charge in [0.1, 0.15) is 0 Å². The molecule has 2 heteroatoms. The Morgan fingerprint density at radius 2 is 2.10 bits per heavy atom. The van der Waals surface area contributed by atoms with Gasteiger partial charge < -0.3 is 0 Å². The van der Waals surface area contributed by atoms with Crippen molar-refractivity contribution in [1.82, 2.24) is 0 Å². The van der Waals surface area contributed by atoms with Crippen LogP contribution in [0.2, 0.25) is 5.82 Å². The van der Waals surface area contributed by atoms with Crippen LogP contribution in [0.4, 0.5) is 0 Å². The zero-order chi connectivity index (χ0) is 7.40. The van der Waals surface area contributed by atoms with Crippen LogP contribution >= 0.6 is 11.6 Å². The molecule has 0 saturated heterocycles. The minimum atomic E-state index is 0.575. The number of rotatable bonds is 2. The Bertz CT molecular complexity index is 187. The number of benzene rings is 1. The first-order valence-electron chi connectivity index (χ1n) is 3.06. The quantitative estimate of drug-likeness (QED) is 0.526. The standard InChI is InChI=1S/C8H9ClSe/c1-10-8-5-3-2-4-7(8)6-9/h2-5H,6H2,1H3.